The van der Waals surface area contributed by atoms with E-state index in [9.17, 15) is 13.2 Å². The number of rotatable bonds is 5. The molecule has 4 rings (SSSR count). The van der Waals surface area contributed by atoms with Gasteiger partial charge in [-0.15, -0.1) is 11.8 Å². The van der Waals surface area contributed by atoms with E-state index in [2.05, 4.69) is 22.2 Å². The molecule has 1 aliphatic carbocycles. The molecule has 0 bridgehead atoms. The van der Waals surface area contributed by atoms with Crippen LogP contribution in [0.15, 0.2) is 29.3 Å². The number of aryl methyl sites for hydroxylation is 1. The lowest BCUT2D eigenvalue weighted by molar-refractivity contribution is -0.179. The Morgan fingerprint density at radius 1 is 1.19 bits per heavy atom. The number of benzene rings is 1. The lowest BCUT2D eigenvalue weighted by Crippen LogP contribution is -2.35. The highest BCUT2D eigenvalue weighted by Crippen LogP contribution is 2.45. The maximum absolute atomic E-state index is 13.7. The molecule has 0 radical (unpaired) electrons. The molecule has 2 heterocycles. The van der Waals surface area contributed by atoms with Crippen molar-refractivity contribution in [2.75, 3.05) is 24.3 Å². The van der Waals surface area contributed by atoms with Gasteiger partial charge in [0.2, 0.25) is 5.95 Å². The summed E-state index contributed by atoms with van der Waals surface area (Å²) in [5.41, 5.74) is 1.05. The monoisotopic (exact) mass is 453 g/mol. The molecule has 1 saturated carbocycles. The largest absolute Gasteiger partial charge is 0.419 e. The van der Waals surface area contributed by atoms with Crippen LogP contribution < -0.4 is 5.32 Å². The molecule has 1 N–H and O–H groups in total. The number of halogens is 3. The summed E-state index contributed by atoms with van der Waals surface area (Å²) in [5, 5.41) is 3.10. The van der Waals surface area contributed by atoms with Crippen molar-refractivity contribution in [3.05, 3.63) is 41.2 Å². The molecule has 1 aromatic carbocycles. The zero-order chi connectivity index (χ0) is 22.1. The van der Waals surface area contributed by atoms with Gasteiger partial charge in [-0.1, -0.05) is 6.92 Å². The fraction of sp³-hybridized carbons (Fsp3) is 0.545. The average Bonchev–Trinajstić information content (AvgIpc) is 3.18. The standard InChI is InChI=1S/C22H26F3N3O2S/c1-3-31-16-4-5-18(14(2)12-16)27-20-26-13-17(22(23,24)25)19(28-20)15-6-8-21(9-7-15)29-10-11-30-21/h4-5,12-13,15H,3,6-11H2,1-2H3,(H,26,27,28). The van der Waals surface area contributed by atoms with Gasteiger partial charge in [0, 0.05) is 35.5 Å². The minimum Gasteiger partial charge on any atom is -0.348 e. The lowest BCUT2D eigenvalue weighted by Gasteiger charge is -2.35. The van der Waals surface area contributed by atoms with E-state index in [1.165, 1.54) is 0 Å². The Hall–Kier alpha value is -1.84. The minimum atomic E-state index is -4.50. The molecule has 1 aromatic heterocycles. The van der Waals surface area contributed by atoms with Crippen molar-refractivity contribution >= 4 is 23.4 Å². The fourth-order valence-electron chi connectivity index (χ4n) is 4.25. The first-order valence-corrected chi connectivity index (χ1v) is 11.5. The van der Waals surface area contributed by atoms with Crippen LogP contribution in [-0.2, 0) is 15.7 Å². The van der Waals surface area contributed by atoms with Gasteiger partial charge >= 0.3 is 6.18 Å². The van der Waals surface area contributed by atoms with Crippen molar-refractivity contribution < 1.29 is 22.6 Å². The molecule has 0 atom stereocenters. The highest BCUT2D eigenvalue weighted by atomic mass is 32.2. The van der Waals surface area contributed by atoms with Gasteiger partial charge in [0.25, 0.3) is 0 Å². The van der Waals surface area contributed by atoms with Gasteiger partial charge in [-0.2, -0.15) is 13.2 Å². The Balaban J connectivity index is 1.58. The predicted octanol–water partition coefficient (Wildman–Crippen LogP) is 6.06. The minimum absolute atomic E-state index is 0.0497. The van der Waals surface area contributed by atoms with Crippen LogP contribution in [0.1, 0.15) is 55.3 Å². The van der Waals surface area contributed by atoms with Crippen LogP contribution in [0, 0.1) is 6.92 Å². The summed E-state index contributed by atoms with van der Waals surface area (Å²) in [6.07, 6.45) is -1.41. The lowest BCUT2D eigenvalue weighted by atomic mass is 9.82. The summed E-state index contributed by atoms with van der Waals surface area (Å²) in [7, 11) is 0. The molecule has 168 valence electrons. The summed E-state index contributed by atoms with van der Waals surface area (Å²) in [6, 6.07) is 5.94. The van der Waals surface area contributed by atoms with Crippen molar-refractivity contribution in [3.8, 4) is 0 Å². The maximum Gasteiger partial charge on any atom is 0.419 e. The third-order valence-corrected chi connectivity index (χ3v) is 6.70. The van der Waals surface area contributed by atoms with E-state index >= 15 is 0 Å². The van der Waals surface area contributed by atoms with Crippen LogP contribution in [0.4, 0.5) is 24.8 Å². The second-order valence-electron chi connectivity index (χ2n) is 7.91. The zero-order valence-electron chi connectivity index (χ0n) is 17.6. The number of alkyl halides is 3. The van der Waals surface area contributed by atoms with Crippen LogP contribution in [0.5, 0.6) is 0 Å². The normalized spacial score (nSPS) is 19.1. The van der Waals surface area contributed by atoms with Crippen molar-refractivity contribution in [1.29, 1.82) is 0 Å². The van der Waals surface area contributed by atoms with Gasteiger partial charge in [0.1, 0.15) is 0 Å². The van der Waals surface area contributed by atoms with E-state index in [1.54, 1.807) is 11.8 Å². The van der Waals surface area contributed by atoms with Gasteiger partial charge in [0.05, 0.1) is 24.5 Å². The molecule has 1 saturated heterocycles. The zero-order valence-corrected chi connectivity index (χ0v) is 18.4. The van der Waals surface area contributed by atoms with Crippen LogP contribution in [-0.4, -0.2) is 34.7 Å². The summed E-state index contributed by atoms with van der Waals surface area (Å²) in [4.78, 5) is 9.46. The molecule has 5 nitrogen and oxygen atoms in total. The number of ether oxygens (including phenoxy) is 2. The quantitative estimate of drug-likeness (QED) is 0.556. The molecule has 0 amide bonds. The number of nitrogens with zero attached hydrogens (tertiary/aromatic N) is 2. The van der Waals surface area contributed by atoms with E-state index < -0.39 is 17.5 Å². The summed E-state index contributed by atoms with van der Waals surface area (Å²) in [6.45, 7) is 5.11. The third kappa shape index (κ3) is 4.99. The summed E-state index contributed by atoms with van der Waals surface area (Å²) in [5.74, 6) is 0.202. The first-order chi connectivity index (χ1) is 14.8. The number of anilines is 2. The molecule has 0 unspecified atom stereocenters. The van der Waals surface area contributed by atoms with Crippen LogP contribution in [0.25, 0.3) is 0 Å². The maximum atomic E-state index is 13.7. The highest BCUT2D eigenvalue weighted by molar-refractivity contribution is 7.99. The second-order valence-corrected chi connectivity index (χ2v) is 9.24. The smallest absolute Gasteiger partial charge is 0.348 e. The number of thioether (sulfide) groups is 1. The molecular formula is C22H26F3N3O2S. The van der Waals surface area contributed by atoms with E-state index in [-0.39, 0.29) is 17.6 Å². The molecule has 2 aliphatic rings. The number of hydrogen-bond acceptors (Lipinski definition) is 6. The number of hydrogen-bond donors (Lipinski definition) is 1. The number of nitrogens with one attached hydrogen (secondary N) is 1. The van der Waals surface area contributed by atoms with Crippen LogP contribution >= 0.6 is 11.8 Å². The van der Waals surface area contributed by atoms with Gasteiger partial charge in [-0.25, -0.2) is 9.97 Å². The molecule has 9 heteroatoms. The van der Waals surface area contributed by atoms with Crippen LogP contribution in [0.2, 0.25) is 0 Å². The average molecular weight is 454 g/mol. The van der Waals surface area contributed by atoms with Crippen molar-refractivity contribution in [1.82, 2.24) is 9.97 Å². The predicted molar refractivity (Wildman–Crippen MR) is 114 cm³/mol. The molecule has 31 heavy (non-hydrogen) atoms. The summed E-state index contributed by atoms with van der Waals surface area (Å²) < 4.78 is 52.5. The SMILES string of the molecule is CCSc1ccc(Nc2ncc(C(F)(F)F)c(C3CCC4(CC3)OCCO4)n2)c(C)c1. The van der Waals surface area contributed by atoms with E-state index in [0.29, 0.717) is 38.9 Å². The first kappa shape index (κ1) is 22.4. The molecule has 1 spiro atoms. The third-order valence-electron chi connectivity index (χ3n) is 5.83. The van der Waals surface area contributed by atoms with Crippen molar-refractivity contribution in [2.45, 2.75) is 62.3 Å². The van der Waals surface area contributed by atoms with Gasteiger partial charge < -0.3 is 14.8 Å². The Labute approximate surface area is 184 Å². The summed E-state index contributed by atoms with van der Waals surface area (Å²) >= 11 is 1.73. The Morgan fingerprint density at radius 2 is 1.90 bits per heavy atom. The Bertz CT molecular complexity index is 923. The first-order valence-electron chi connectivity index (χ1n) is 10.5. The Morgan fingerprint density at radius 3 is 2.52 bits per heavy atom. The van der Waals surface area contributed by atoms with Crippen molar-refractivity contribution in [2.24, 2.45) is 0 Å². The van der Waals surface area contributed by atoms with Gasteiger partial charge in [-0.3, -0.25) is 0 Å². The molecular weight excluding hydrogens is 427 g/mol. The highest BCUT2D eigenvalue weighted by Gasteiger charge is 2.43. The van der Waals surface area contributed by atoms with Gasteiger partial charge in [0.15, 0.2) is 5.79 Å². The fourth-order valence-corrected chi connectivity index (χ4v) is 5.01. The van der Waals surface area contributed by atoms with Crippen LogP contribution in [0.3, 0.4) is 0 Å². The van der Waals surface area contributed by atoms with E-state index in [0.717, 1.165) is 28.1 Å². The van der Waals surface area contributed by atoms with Gasteiger partial charge in [-0.05, 0) is 49.3 Å². The Kier molecular flexibility index (Phi) is 6.46. The molecule has 1 aliphatic heterocycles. The second kappa shape index (κ2) is 8.96. The van der Waals surface area contributed by atoms with E-state index in [4.69, 9.17) is 9.47 Å². The number of aromatic nitrogens is 2. The topological polar surface area (TPSA) is 56.3 Å². The van der Waals surface area contributed by atoms with E-state index in [1.807, 2.05) is 25.1 Å². The molecule has 2 fully saturated rings. The van der Waals surface area contributed by atoms with Crippen molar-refractivity contribution in [3.63, 3.8) is 0 Å². The molecule has 2 aromatic rings.